The lowest BCUT2D eigenvalue weighted by atomic mass is 10.0. The Bertz CT molecular complexity index is 360. The molecule has 0 aliphatic heterocycles. The number of aromatic nitrogens is 1. The van der Waals surface area contributed by atoms with Gasteiger partial charge in [0.1, 0.15) is 0 Å². The first kappa shape index (κ1) is 11.0. The molecule has 3 heteroatoms. The molecule has 0 unspecified atom stereocenters. The van der Waals surface area contributed by atoms with Crippen LogP contribution in [0.25, 0.3) is 0 Å². The van der Waals surface area contributed by atoms with E-state index >= 15 is 0 Å². The number of rotatable bonds is 3. The molecule has 0 aliphatic carbocycles. The predicted octanol–water partition coefficient (Wildman–Crippen LogP) is 1.49. The number of nitrogens with zero attached hydrogens (tertiary/aromatic N) is 1. The first-order valence-electron chi connectivity index (χ1n) is 4.89. The van der Waals surface area contributed by atoms with E-state index in [0.717, 1.165) is 6.42 Å². The lowest BCUT2D eigenvalue weighted by Gasteiger charge is -2.17. The van der Waals surface area contributed by atoms with Crippen molar-refractivity contribution in [2.45, 2.75) is 39.3 Å². The molecular weight excluding hydrogens is 178 g/mol. The van der Waals surface area contributed by atoms with Crippen molar-refractivity contribution >= 4 is 0 Å². The van der Waals surface area contributed by atoms with Crippen LogP contribution in [0.3, 0.4) is 0 Å². The van der Waals surface area contributed by atoms with Gasteiger partial charge in [0.2, 0.25) is 0 Å². The SMILES string of the molecule is CCCn1cccc(C(C)(C)O)c1=O. The van der Waals surface area contributed by atoms with Gasteiger partial charge in [0, 0.05) is 18.3 Å². The second kappa shape index (κ2) is 3.96. The maximum atomic E-state index is 11.8. The number of aliphatic hydroxyl groups is 1. The molecule has 3 nitrogen and oxygen atoms in total. The number of hydrogen-bond donors (Lipinski definition) is 1. The van der Waals surface area contributed by atoms with Crippen LogP contribution in [0.4, 0.5) is 0 Å². The summed E-state index contributed by atoms with van der Waals surface area (Å²) in [5.41, 5.74) is -0.705. The smallest absolute Gasteiger partial charge is 0.256 e. The largest absolute Gasteiger partial charge is 0.386 e. The summed E-state index contributed by atoms with van der Waals surface area (Å²) in [6.45, 7) is 5.96. The van der Waals surface area contributed by atoms with Crippen LogP contribution >= 0.6 is 0 Å². The second-order valence-corrected chi connectivity index (χ2v) is 3.98. The van der Waals surface area contributed by atoms with Gasteiger partial charge >= 0.3 is 0 Å². The van der Waals surface area contributed by atoms with Crippen molar-refractivity contribution in [1.29, 1.82) is 0 Å². The van der Waals surface area contributed by atoms with Crippen LogP contribution in [0.2, 0.25) is 0 Å². The molecule has 0 amide bonds. The summed E-state index contributed by atoms with van der Waals surface area (Å²) >= 11 is 0. The molecule has 1 N–H and O–H groups in total. The molecule has 1 aromatic heterocycles. The fourth-order valence-electron chi connectivity index (χ4n) is 1.42. The highest BCUT2D eigenvalue weighted by Crippen LogP contribution is 2.14. The van der Waals surface area contributed by atoms with E-state index in [4.69, 9.17) is 0 Å². The standard InChI is InChI=1S/C11H17NO2/c1-4-7-12-8-5-6-9(10(12)13)11(2,3)14/h5-6,8,14H,4,7H2,1-3H3. The van der Waals surface area contributed by atoms with Crippen LogP contribution in [0.15, 0.2) is 23.1 Å². The highest BCUT2D eigenvalue weighted by atomic mass is 16.3. The number of pyridine rings is 1. The lowest BCUT2D eigenvalue weighted by Crippen LogP contribution is -2.31. The lowest BCUT2D eigenvalue weighted by molar-refractivity contribution is 0.0765. The third-order valence-corrected chi connectivity index (χ3v) is 2.14. The normalized spacial score (nSPS) is 11.7. The zero-order chi connectivity index (χ0) is 10.8. The van der Waals surface area contributed by atoms with Gasteiger partial charge in [-0.05, 0) is 32.4 Å². The van der Waals surface area contributed by atoms with E-state index in [-0.39, 0.29) is 5.56 Å². The van der Waals surface area contributed by atoms with E-state index in [1.165, 1.54) is 0 Å². The van der Waals surface area contributed by atoms with Crippen LogP contribution in [0.5, 0.6) is 0 Å². The zero-order valence-corrected chi connectivity index (χ0v) is 8.95. The van der Waals surface area contributed by atoms with Crippen LogP contribution in [-0.4, -0.2) is 9.67 Å². The second-order valence-electron chi connectivity index (χ2n) is 3.98. The summed E-state index contributed by atoms with van der Waals surface area (Å²) in [5, 5.41) is 9.75. The van der Waals surface area contributed by atoms with E-state index in [9.17, 15) is 9.90 Å². The zero-order valence-electron chi connectivity index (χ0n) is 8.95. The maximum Gasteiger partial charge on any atom is 0.256 e. The third-order valence-electron chi connectivity index (χ3n) is 2.14. The minimum absolute atomic E-state index is 0.0955. The average Bonchev–Trinajstić information content (AvgIpc) is 2.07. The van der Waals surface area contributed by atoms with Gasteiger partial charge in [-0.2, -0.15) is 0 Å². The van der Waals surface area contributed by atoms with E-state index in [2.05, 4.69) is 0 Å². The van der Waals surface area contributed by atoms with E-state index in [1.54, 1.807) is 36.7 Å². The molecule has 14 heavy (non-hydrogen) atoms. The summed E-state index contributed by atoms with van der Waals surface area (Å²) in [5.74, 6) is 0. The maximum absolute atomic E-state index is 11.8. The van der Waals surface area contributed by atoms with E-state index in [1.807, 2.05) is 6.92 Å². The highest BCUT2D eigenvalue weighted by molar-refractivity contribution is 5.16. The fourth-order valence-corrected chi connectivity index (χ4v) is 1.42. The molecule has 1 rings (SSSR count). The van der Waals surface area contributed by atoms with E-state index < -0.39 is 5.60 Å². The molecule has 0 aliphatic rings. The fraction of sp³-hybridized carbons (Fsp3) is 0.545. The van der Waals surface area contributed by atoms with Gasteiger partial charge in [0.05, 0.1) is 5.60 Å². The topological polar surface area (TPSA) is 42.2 Å². The molecule has 0 fully saturated rings. The van der Waals surface area contributed by atoms with Crippen LogP contribution in [0, 0.1) is 0 Å². The van der Waals surface area contributed by atoms with E-state index in [0.29, 0.717) is 12.1 Å². The molecule has 78 valence electrons. The Labute approximate surface area is 84.0 Å². The van der Waals surface area contributed by atoms with Gasteiger partial charge in [0.15, 0.2) is 0 Å². The summed E-state index contributed by atoms with van der Waals surface area (Å²) < 4.78 is 1.63. The van der Waals surface area contributed by atoms with Crippen LogP contribution in [0.1, 0.15) is 32.8 Å². The number of hydrogen-bond acceptors (Lipinski definition) is 2. The van der Waals surface area contributed by atoms with Gasteiger partial charge in [-0.15, -0.1) is 0 Å². The Kier molecular flexibility index (Phi) is 3.11. The van der Waals surface area contributed by atoms with Crippen molar-refractivity contribution in [3.05, 3.63) is 34.2 Å². The monoisotopic (exact) mass is 195 g/mol. The summed E-state index contributed by atoms with van der Waals surface area (Å²) in [6.07, 6.45) is 2.66. The van der Waals surface area contributed by atoms with Crippen molar-refractivity contribution in [3.8, 4) is 0 Å². The first-order chi connectivity index (χ1) is 6.46. The van der Waals surface area contributed by atoms with Crippen molar-refractivity contribution in [3.63, 3.8) is 0 Å². The molecule has 0 saturated heterocycles. The minimum atomic E-state index is -1.06. The van der Waals surface area contributed by atoms with Crippen LogP contribution in [-0.2, 0) is 12.1 Å². The van der Waals surface area contributed by atoms with Crippen molar-refractivity contribution in [2.75, 3.05) is 0 Å². The Morgan fingerprint density at radius 2 is 2.14 bits per heavy atom. The predicted molar refractivity (Wildman–Crippen MR) is 56.2 cm³/mol. The molecule has 0 spiro atoms. The summed E-state index contributed by atoms with van der Waals surface area (Å²) in [7, 11) is 0. The molecular formula is C11H17NO2. The van der Waals surface area contributed by atoms with Gasteiger partial charge in [-0.25, -0.2) is 0 Å². The van der Waals surface area contributed by atoms with Crippen molar-refractivity contribution in [2.24, 2.45) is 0 Å². The Morgan fingerprint density at radius 3 is 2.64 bits per heavy atom. The summed E-state index contributed by atoms with van der Waals surface area (Å²) in [6, 6.07) is 3.47. The molecule has 0 aromatic carbocycles. The number of aryl methyl sites for hydroxylation is 1. The molecule has 1 heterocycles. The van der Waals surface area contributed by atoms with Gasteiger partial charge in [0.25, 0.3) is 5.56 Å². The quantitative estimate of drug-likeness (QED) is 0.794. The van der Waals surface area contributed by atoms with Crippen molar-refractivity contribution in [1.82, 2.24) is 4.57 Å². The molecule has 0 atom stereocenters. The average molecular weight is 195 g/mol. The van der Waals surface area contributed by atoms with Gasteiger partial charge < -0.3 is 9.67 Å². The molecule has 0 saturated carbocycles. The third kappa shape index (κ3) is 2.23. The van der Waals surface area contributed by atoms with Crippen LogP contribution < -0.4 is 5.56 Å². The van der Waals surface area contributed by atoms with Gasteiger partial charge in [-0.3, -0.25) is 4.79 Å². The molecule has 0 bridgehead atoms. The summed E-state index contributed by atoms with van der Waals surface area (Å²) in [4.78, 5) is 11.8. The Morgan fingerprint density at radius 1 is 1.50 bits per heavy atom. The Hall–Kier alpha value is -1.09. The molecule has 1 aromatic rings. The molecule has 0 radical (unpaired) electrons. The highest BCUT2D eigenvalue weighted by Gasteiger charge is 2.20. The van der Waals surface area contributed by atoms with Gasteiger partial charge in [-0.1, -0.05) is 6.92 Å². The minimum Gasteiger partial charge on any atom is -0.386 e. The Balaban J connectivity index is 3.22. The van der Waals surface area contributed by atoms with Crippen molar-refractivity contribution < 1.29 is 5.11 Å². The first-order valence-corrected chi connectivity index (χ1v) is 4.89.